The molecule has 158 valence electrons. The van der Waals surface area contributed by atoms with Gasteiger partial charge in [-0.15, -0.1) is 23.1 Å². The number of nitrogens with two attached hydrogens (primary N) is 1. The zero-order valence-corrected chi connectivity index (χ0v) is 18.3. The van der Waals surface area contributed by atoms with E-state index in [1.165, 1.54) is 16.7 Å². The first-order valence-corrected chi connectivity index (χ1v) is 10.6. The van der Waals surface area contributed by atoms with Gasteiger partial charge in [-0.1, -0.05) is 5.16 Å². The minimum absolute atomic E-state index is 0.101. The Bertz CT molecular complexity index is 891. The average molecular weight is 442 g/mol. The molecule has 2 fully saturated rings. The molecule has 0 radical (unpaired) electrons. The van der Waals surface area contributed by atoms with E-state index in [1.807, 2.05) is 0 Å². The number of hydrogen-bond donors (Lipinski definition) is 3. The van der Waals surface area contributed by atoms with Gasteiger partial charge in [-0.05, 0) is 34.6 Å². The van der Waals surface area contributed by atoms with Gasteiger partial charge in [-0.3, -0.25) is 9.59 Å². The monoisotopic (exact) mass is 441 g/mol. The molecule has 29 heavy (non-hydrogen) atoms. The van der Waals surface area contributed by atoms with E-state index in [4.69, 9.17) is 10.6 Å². The van der Waals surface area contributed by atoms with Crippen molar-refractivity contribution >= 4 is 51.7 Å². The number of oxime groups is 1. The molecule has 1 aromatic heterocycles. The molecule has 0 saturated carbocycles. The molecule has 2 aliphatic rings. The lowest BCUT2D eigenvalue weighted by Gasteiger charge is -2.43. The van der Waals surface area contributed by atoms with E-state index in [1.54, 1.807) is 40.0 Å². The molecule has 4 N–H and O–H groups in total. The SMILES string of the molecule is CC(C)(C)ON=C(C(=O)N[C@H]1C(=O)N2[C@@H]1SC(C)(C)[C@@H]2C(=O)O)c1csc(N)n1. The number of carbonyl (C=O) groups is 3. The van der Waals surface area contributed by atoms with E-state index in [0.717, 1.165) is 11.3 Å². The lowest BCUT2D eigenvalue weighted by atomic mass is 9.96. The lowest BCUT2D eigenvalue weighted by Crippen LogP contribution is -2.71. The van der Waals surface area contributed by atoms with Crippen LogP contribution in [0.2, 0.25) is 0 Å². The number of carboxylic acid groups (broad SMARTS) is 1. The highest BCUT2D eigenvalue weighted by molar-refractivity contribution is 8.01. The molecule has 3 atom stereocenters. The van der Waals surface area contributed by atoms with Gasteiger partial charge >= 0.3 is 5.97 Å². The molecule has 3 heterocycles. The van der Waals surface area contributed by atoms with E-state index >= 15 is 0 Å². The molecule has 2 aliphatic heterocycles. The first-order valence-electron chi connectivity index (χ1n) is 8.83. The number of amides is 2. The van der Waals surface area contributed by atoms with Crippen LogP contribution in [0.15, 0.2) is 10.5 Å². The normalized spacial score (nSPS) is 26.0. The first kappa shape index (κ1) is 21.4. The Labute approximate surface area is 175 Å². The summed E-state index contributed by atoms with van der Waals surface area (Å²) in [4.78, 5) is 47.8. The maximum atomic E-state index is 12.9. The Kier molecular flexibility index (Phi) is 5.28. The maximum absolute atomic E-state index is 12.9. The molecule has 0 aliphatic carbocycles. The number of nitrogens with one attached hydrogen (secondary N) is 1. The van der Waals surface area contributed by atoms with E-state index < -0.39 is 45.6 Å². The van der Waals surface area contributed by atoms with Gasteiger partial charge < -0.3 is 25.9 Å². The zero-order valence-electron chi connectivity index (χ0n) is 16.6. The van der Waals surface area contributed by atoms with Gasteiger partial charge in [-0.25, -0.2) is 9.78 Å². The third-order valence-electron chi connectivity index (χ3n) is 4.35. The summed E-state index contributed by atoms with van der Waals surface area (Å²) < 4.78 is -0.679. The van der Waals surface area contributed by atoms with E-state index in [-0.39, 0.29) is 16.5 Å². The van der Waals surface area contributed by atoms with Gasteiger partial charge in [0.25, 0.3) is 5.91 Å². The molecule has 1 aromatic rings. The second-order valence-corrected chi connectivity index (χ2v) is 10.9. The molecule has 0 aromatic carbocycles. The Morgan fingerprint density at radius 2 is 2.07 bits per heavy atom. The number of nitrogens with zero attached hydrogens (tertiary/aromatic N) is 3. The summed E-state index contributed by atoms with van der Waals surface area (Å²) in [7, 11) is 0. The molecule has 2 saturated heterocycles. The van der Waals surface area contributed by atoms with Crippen molar-refractivity contribution in [2.24, 2.45) is 5.16 Å². The lowest BCUT2D eigenvalue weighted by molar-refractivity contribution is -0.160. The number of rotatable bonds is 5. The van der Waals surface area contributed by atoms with Gasteiger partial charge in [0.15, 0.2) is 10.8 Å². The van der Waals surface area contributed by atoms with Gasteiger partial charge in [0.2, 0.25) is 5.91 Å². The summed E-state index contributed by atoms with van der Waals surface area (Å²) in [6.07, 6.45) is 0. The fraction of sp³-hybridized carbons (Fsp3) is 0.588. The molecule has 3 rings (SSSR count). The number of fused-ring (bicyclic) bond motifs is 1. The summed E-state index contributed by atoms with van der Waals surface area (Å²) in [6, 6.07) is -1.80. The number of aliphatic carboxylic acids is 1. The molecule has 0 bridgehead atoms. The van der Waals surface area contributed by atoms with Crippen molar-refractivity contribution in [2.45, 2.75) is 62.4 Å². The third kappa shape index (κ3) is 4.04. The second kappa shape index (κ2) is 7.17. The van der Waals surface area contributed by atoms with Crippen LogP contribution in [-0.4, -0.2) is 66.3 Å². The Morgan fingerprint density at radius 1 is 1.41 bits per heavy atom. The first-order chi connectivity index (χ1) is 13.3. The van der Waals surface area contributed by atoms with Crippen LogP contribution < -0.4 is 11.1 Å². The number of thioether (sulfide) groups is 1. The second-order valence-electron chi connectivity index (χ2n) is 8.26. The number of anilines is 1. The van der Waals surface area contributed by atoms with E-state index in [9.17, 15) is 19.5 Å². The molecule has 10 nitrogen and oxygen atoms in total. The average Bonchev–Trinajstić information content (AvgIpc) is 3.10. The number of carboxylic acids is 1. The molecule has 0 spiro atoms. The van der Waals surface area contributed by atoms with Crippen LogP contribution in [0.4, 0.5) is 5.13 Å². The Morgan fingerprint density at radius 3 is 2.59 bits per heavy atom. The molecular formula is C17H23N5O5S2. The fourth-order valence-corrected chi connectivity index (χ4v) is 5.31. The van der Waals surface area contributed by atoms with Gasteiger partial charge in [-0.2, -0.15) is 0 Å². The van der Waals surface area contributed by atoms with Gasteiger partial charge in [0.1, 0.15) is 28.8 Å². The van der Waals surface area contributed by atoms with Crippen molar-refractivity contribution in [3.05, 3.63) is 11.1 Å². The van der Waals surface area contributed by atoms with Crippen LogP contribution in [0.25, 0.3) is 0 Å². The number of nitrogen functional groups attached to an aromatic ring is 1. The van der Waals surface area contributed by atoms with Crippen molar-refractivity contribution in [2.75, 3.05) is 5.73 Å². The van der Waals surface area contributed by atoms with E-state index in [0.29, 0.717) is 0 Å². The van der Waals surface area contributed by atoms with Crippen LogP contribution in [0.1, 0.15) is 40.3 Å². The largest absolute Gasteiger partial charge is 0.480 e. The Hall–Kier alpha value is -2.34. The molecule has 0 unspecified atom stereocenters. The Balaban J connectivity index is 1.81. The number of hydrogen-bond acceptors (Lipinski definition) is 9. The quantitative estimate of drug-likeness (QED) is 0.346. The maximum Gasteiger partial charge on any atom is 0.327 e. The predicted molar refractivity (Wildman–Crippen MR) is 110 cm³/mol. The molecule has 2 amide bonds. The molecular weight excluding hydrogens is 418 g/mol. The van der Waals surface area contributed by atoms with Crippen LogP contribution in [0, 0.1) is 0 Å². The van der Waals surface area contributed by atoms with E-state index in [2.05, 4.69) is 15.5 Å². The van der Waals surface area contributed by atoms with Crippen molar-refractivity contribution in [3.63, 3.8) is 0 Å². The topological polar surface area (TPSA) is 147 Å². The summed E-state index contributed by atoms with van der Waals surface area (Å²) in [6.45, 7) is 8.86. The fourth-order valence-electron chi connectivity index (χ4n) is 3.14. The highest BCUT2D eigenvalue weighted by atomic mass is 32.2. The number of β-lactam (4-membered cyclic amide) rings is 1. The summed E-state index contributed by atoms with van der Waals surface area (Å²) in [5.74, 6) is -2.15. The van der Waals surface area contributed by atoms with Gasteiger partial charge in [0.05, 0.1) is 0 Å². The number of carbonyl (C=O) groups excluding carboxylic acids is 2. The van der Waals surface area contributed by atoms with Crippen LogP contribution >= 0.6 is 23.1 Å². The number of thiazole rings is 1. The highest BCUT2D eigenvalue weighted by Crippen LogP contribution is 2.50. The molecule has 12 heteroatoms. The predicted octanol–water partition coefficient (Wildman–Crippen LogP) is 0.876. The zero-order chi connectivity index (χ0) is 21.7. The van der Waals surface area contributed by atoms with Crippen molar-refractivity contribution in [1.29, 1.82) is 0 Å². The van der Waals surface area contributed by atoms with Crippen molar-refractivity contribution < 1.29 is 24.3 Å². The van der Waals surface area contributed by atoms with Crippen molar-refractivity contribution in [3.8, 4) is 0 Å². The van der Waals surface area contributed by atoms with Crippen molar-refractivity contribution in [1.82, 2.24) is 15.2 Å². The van der Waals surface area contributed by atoms with Gasteiger partial charge in [0, 0.05) is 10.1 Å². The van der Waals surface area contributed by atoms with Crippen LogP contribution in [0.5, 0.6) is 0 Å². The highest BCUT2D eigenvalue weighted by Gasteiger charge is 2.64. The van der Waals surface area contributed by atoms with Crippen LogP contribution in [-0.2, 0) is 19.2 Å². The standard InChI is InChI=1S/C17H23N5O5S2/c1-16(2,3)27-21-8(7-6-28-15(18)19-7)11(23)20-9-12(24)22-10(14(25)26)17(4,5)29-13(9)22/h6,9-10,13H,1-5H3,(H2,18,19)(H,20,23)(H,25,26)/t9-,10-,13+/m0/s1. The summed E-state index contributed by atoms with van der Waals surface area (Å²) in [5.41, 5.74) is 5.16. The summed E-state index contributed by atoms with van der Waals surface area (Å²) >= 11 is 2.49. The third-order valence-corrected chi connectivity index (χ3v) is 6.60. The number of aromatic nitrogens is 1. The minimum atomic E-state index is -1.07. The minimum Gasteiger partial charge on any atom is -0.480 e. The summed E-state index contributed by atoms with van der Waals surface area (Å²) in [5, 5.41) is 17.5. The smallest absolute Gasteiger partial charge is 0.327 e. The van der Waals surface area contributed by atoms with Crippen LogP contribution in [0.3, 0.4) is 0 Å².